The Hall–Kier alpha value is -0.820. The molecule has 2 rings (SSSR count). The molecule has 1 aromatic rings. The summed E-state index contributed by atoms with van der Waals surface area (Å²) in [5.41, 5.74) is 10.5. The molecular formula is C16H25N. The highest BCUT2D eigenvalue weighted by Gasteiger charge is 2.28. The van der Waals surface area contributed by atoms with Crippen molar-refractivity contribution in [2.24, 2.45) is 17.6 Å². The van der Waals surface area contributed by atoms with Gasteiger partial charge in [-0.05, 0) is 55.2 Å². The zero-order chi connectivity index (χ0) is 12.4. The molecule has 0 spiro atoms. The summed E-state index contributed by atoms with van der Waals surface area (Å²) in [6.07, 6.45) is 5.33. The molecule has 1 saturated carbocycles. The molecular weight excluding hydrogens is 206 g/mol. The molecule has 17 heavy (non-hydrogen) atoms. The average molecular weight is 231 g/mol. The van der Waals surface area contributed by atoms with E-state index in [0.717, 1.165) is 5.92 Å². The van der Waals surface area contributed by atoms with Crippen LogP contribution < -0.4 is 5.73 Å². The lowest BCUT2D eigenvalue weighted by Crippen LogP contribution is -2.19. The Balaban J connectivity index is 2.09. The Kier molecular flexibility index (Phi) is 3.88. The van der Waals surface area contributed by atoms with Crippen LogP contribution in [-0.2, 0) is 0 Å². The fourth-order valence-corrected chi connectivity index (χ4v) is 3.05. The monoisotopic (exact) mass is 231 g/mol. The van der Waals surface area contributed by atoms with E-state index in [9.17, 15) is 0 Å². The Morgan fingerprint density at radius 2 is 2.00 bits per heavy atom. The summed E-state index contributed by atoms with van der Waals surface area (Å²) in [5.74, 6) is 1.61. The van der Waals surface area contributed by atoms with Crippen LogP contribution in [0.2, 0.25) is 0 Å². The van der Waals surface area contributed by atoms with Crippen molar-refractivity contribution in [3.8, 4) is 0 Å². The number of benzene rings is 1. The van der Waals surface area contributed by atoms with Crippen molar-refractivity contribution >= 4 is 0 Å². The summed E-state index contributed by atoms with van der Waals surface area (Å²) in [7, 11) is 0. The summed E-state index contributed by atoms with van der Waals surface area (Å²) in [5, 5.41) is 0. The minimum atomic E-state index is 0.242. The van der Waals surface area contributed by atoms with Gasteiger partial charge in [-0.3, -0.25) is 0 Å². The second-order valence-electron chi connectivity index (χ2n) is 5.72. The van der Waals surface area contributed by atoms with Crippen molar-refractivity contribution in [2.45, 2.75) is 52.5 Å². The third-order valence-electron chi connectivity index (χ3n) is 4.58. The standard InChI is InChI=1S/C16H25N/c1-4-13-6-8-15(10-13)16(17)14-7-5-11(2)12(3)9-14/h5,7,9,13,15-16H,4,6,8,10,17H2,1-3H3. The van der Waals surface area contributed by atoms with E-state index >= 15 is 0 Å². The SMILES string of the molecule is CCC1CCC(C(N)c2ccc(C)c(C)c2)C1. The lowest BCUT2D eigenvalue weighted by Gasteiger charge is -2.20. The van der Waals surface area contributed by atoms with Crippen LogP contribution in [0.1, 0.15) is 55.3 Å². The van der Waals surface area contributed by atoms with E-state index in [1.54, 1.807) is 0 Å². The molecule has 0 saturated heterocycles. The Morgan fingerprint density at radius 3 is 2.59 bits per heavy atom. The van der Waals surface area contributed by atoms with Gasteiger partial charge in [0, 0.05) is 6.04 Å². The van der Waals surface area contributed by atoms with Gasteiger partial charge in [-0.15, -0.1) is 0 Å². The van der Waals surface area contributed by atoms with Gasteiger partial charge >= 0.3 is 0 Å². The van der Waals surface area contributed by atoms with E-state index < -0.39 is 0 Å². The lowest BCUT2D eigenvalue weighted by molar-refractivity contribution is 0.416. The predicted octanol–water partition coefficient (Wildman–Crippen LogP) is 4.13. The van der Waals surface area contributed by atoms with Crippen LogP contribution in [0.5, 0.6) is 0 Å². The number of hydrogen-bond acceptors (Lipinski definition) is 1. The van der Waals surface area contributed by atoms with Crippen molar-refractivity contribution in [1.29, 1.82) is 0 Å². The Morgan fingerprint density at radius 1 is 1.24 bits per heavy atom. The predicted molar refractivity (Wildman–Crippen MR) is 74.0 cm³/mol. The molecule has 0 aromatic heterocycles. The highest BCUT2D eigenvalue weighted by atomic mass is 14.7. The van der Waals surface area contributed by atoms with Crippen molar-refractivity contribution < 1.29 is 0 Å². The van der Waals surface area contributed by atoms with Gasteiger partial charge in [-0.25, -0.2) is 0 Å². The maximum atomic E-state index is 6.44. The molecule has 3 atom stereocenters. The van der Waals surface area contributed by atoms with Crippen LogP contribution >= 0.6 is 0 Å². The molecule has 1 aliphatic carbocycles. The van der Waals surface area contributed by atoms with E-state index in [-0.39, 0.29) is 6.04 Å². The van der Waals surface area contributed by atoms with Crippen LogP contribution in [0.15, 0.2) is 18.2 Å². The molecule has 0 aliphatic heterocycles. The Labute approximate surface area is 105 Å². The first-order valence-corrected chi connectivity index (χ1v) is 6.94. The molecule has 0 bridgehead atoms. The molecule has 2 N–H and O–H groups in total. The van der Waals surface area contributed by atoms with Gasteiger partial charge in [-0.2, -0.15) is 0 Å². The fourth-order valence-electron chi connectivity index (χ4n) is 3.05. The largest absolute Gasteiger partial charge is 0.324 e. The molecule has 94 valence electrons. The van der Waals surface area contributed by atoms with E-state index in [4.69, 9.17) is 5.73 Å². The number of aryl methyl sites for hydroxylation is 2. The number of nitrogens with two attached hydrogens (primary N) is 1. The molecule has 1 aromatic carbocycles. The molecule has 1 heteroatoms. The van der Waals surface area contributed by atoms with E-state index in [1.807, 2.05) is 0 Å². The maximum Gasteiger partial charge on any atom is 0.0323 e. The zero-order valence-electron chi connectivity index (χ0n) is 11.4. The number of hydrogen-bond donors (Lipinski definition) is 1. The van der Waals surface area contributed by atoms with Crippen LogP contribution in [0.25, 0.3) is 0 Å². The Bertz CT molecular complexity index is 383. The van der Waals surface area contributed by atoms with Crippen molar-refractivity contribution in [2.75, 3.05) is 0 Å². The minimum absolute atomic E-state index is 0.242. The van der Waals surface area contributed by atoms with Gasteiger partial charge in [0.05, 0.1) is 0 Å². The summed E-state index contributed by atoms with van der Waals surface area (Å²) in [6, 6.07) is 6.94. The topological polar surface area (TPSA) is 26.0 Å². The summed E-state index contributed by atoms with van der Waals surface area (Å²) in [4.78, 5) is 0. The van der Waals surface area contributed by atoms with Crippen molar-refractivity contribution in [3.05, 3.63) is 34.9 Å². The quantitative estimate of drug-likeness (QED) is 0.831. The van der Waals surface area contributed by atoms with Crippen LogP contribution in [0, 0.1) is 25.7 Å². The van der Waals surface area contributed by atoms with E-state index in [1.165, 1.54) is 42.4 Å². The molecule has 0 radical (unpaired) electrons. The molecule has 0 heterocycles. The first-order chi connectivity index (χ1) is 8.11. The highest BCUT2D eigenvalue weighted by molar-refractivity contribution is 5.32. The maximum absolute atomic E-state index is 6.44. The lowest BCUT2D eigenvalue weighted by atomic mass is 9.90. The third kappa shape index (κ3) is 2.71. The van der Waals surface area contributed by atoms with Crippen molar-refractivity contribution in [1.82, 2.24) is 0 Å². The third-order valence-corrected chi connectivity index (χ3v) is 4.58. The van der Waals surface area contributed by atoms with Gasteiger partial charge in [0.15, 0.2) is 0 Å². The molecule has 3 unspecified atom stereocenters. The van der Waals surface area contributed by atoms with Crippen LogP contribution in [0.4, 0.5) is 0 Å². The zero-order valence-corrected chi connectivity index (χ0v) is 11.4. The smallest absolute Gasteiger partial charge is 0.0323 e. The molecule has 1 fully saturated rings. The summed E-state index contributed by atoms with van der Waals surface area (Å²) < 4.78 is 0. The van der Waals surface area contributed by atoms with E-state index in [0.29, 0.717) is 5.92 Å². The highest BCUT2D eigenvalue weighted by Crippen LogP contribution is 2.39. The van der Waals surface area contributed by atoms with Crippen LogP contribution in [-0.4, -0.2) is 0 Å². The second kappa shape index (κ2) is 5.22. The first kappa shape index (κ1) is 12.6. The van der Waals surface area contributed by atoms with Crippen LogP contribution in [0.3, 0.4) is 0 Å². The van der Waals surface area contributed by atoms with Gasteiger partial charge < -0.3 is 5.73 Å². The minimum Gasteiger partial charge on any atom is -0.324 e. The molecule has 1 aliphatic rings. The second-order valence-corrected chi connectivity index (χ2v) is 5.72. The van der Waals surface area contributed by atoms with E-state index in [2.05, 4.69) is 39.0 Å². The average Bonchev–Trinajstić information content (AvgIpc) is 2.80. The summed E-state index contributed by atoms with van der Waals surface area (Å²) in [6.45, 7) is 6.64. The van der Waals surface area contributed by atoms with Gasteiger partial charge in [0.2, 0.25) is 0 Å². The van der Waals surface area contributed by atoms with Gasteiger partial charge in [0.1, 0.15) is 0 Å². The molecule has 0 amide bonds. The van der Waals surface area contributed by atoms with Crippen molar-refractivity contribution in [3.63, 3.8) is 0 Å². The summed E-state index contributed by atoms with van der Waals surface area (Å²) >= 11 is 0. The molecule has 1 nitrogen and oxygen atoms in total. The van der Waals surface area contributed by atoms with Gasteiger partial charge in [0.25, 0.3) is 0 Å². The first-order valence-electron chi connectivity index (χ1n) is 6.94. The number of rotatable bonds is 3. The van der Waals surface area contributed by atoms with Gasteiger partial charge in [-0.1, -0.05) is 38.0 Å². The fraction of sp³-hybridized carbons (Fsp3) is 0.625. The normalized spacial score (nSPS) is 26.1.